The van der Waals surface area contributed by atoms with Gasteiger partial charge in [0.15, 0.2) is 0 Å². The Kier molecular flexibility index (Phi) is 4.25. The van der Waals surface area contributed by atoms with Crippen LogP contribution in [-0.2, 0) is 11.3 Å². The van der Waals surface area contributed by atoms with Crippen molar-refractivity contribution in [2.75, 3.05) is 20.2 Å². The highest BCUT2D eigenvalue weighted by Crippen LogP contribution is 2.22. The third kappa shape index (κ3) is 3.20. The van der Waals surface area contributed by atoms with Crippen LogP contribution in [0.2, 0.25) is 5.02 Å². The van der Waals surface area contributed by atoms with E-state index in [1.165, 1.54) is 5.56 Å². The molecule has 1 saturated heterocycles. The Bertz CT molecular complexity index is 352. The third-order valence-electron chi connectivity index (χ3n) is 2.89. The molecule has 0 aliphatic carbocycles. The monoisotopic (exact) mass is 303 g/mol. The van der Waals surface area contributed by atoms with E-state index in [9.17, 15) is 0 Å². The summed E-state index contributed by atoms with van der Waals surface area (Å²) in [6, 6.07) is 6.05. The first-order chi connectivity index (χ1) is 7.67. The molecule has 0 spiro atoms. The molecule has 0 unspecified atom stereocenters. The number of ether oxygens (including phenoxy) is 1. The van der Waals surface area contributed by atoms with Crippen molar-refractivity contribution in [2.45, 2.75) is 19.1 Å². The fraction of sp³-hybridized carbons (Fsp3) is 0.500. The predicted octanol–water partition coefficient (Wildman–Crippen LogP) is 3.32. The fourth-order valence-corrected chi connectivity index (χ4v) is 3.02. The van der Waals surface area contributed by atoms with E-state index in [2.05, 4.69) is 26.9 Å². The van der Waals surface area contributed by atoms with Crippen molar-refractivity contribution >= 4 is 27.5 Å². The molecule has 1 aromatic carbocycles. The minimum Gasteiger partial charge on any atom is -0.380 e. The number of hydrogen-bond donors (Lipinski definition) is 0. The van der Waals surface area contributed by atoms with Crippen LogP contribution < -0.4 is 0 Å². The molecule has 2 rings (SSSR count). The van der Waals surface area contributed by atoms with Gasteiger partial charge in [-0.2, -0.15) is 0 Å². The molecule has 0 radical (unpaired) electrons. The minimum absolute atomic E-state index is 0.391. The van der Waals surface area contributed by atoms with Crippen LogP contribution in [0.25, 0.3) is 0 Å². The van der Waals surface area contributed by atoms with Gasteiger partial charge in [-0.15, -0.1) is 0 Å². The normalized spacial score (nSPS) is 21.6. The predicted molar refractivity (Wildman–Crippen MR) is 69.8 cm³/mol. The lowest BCUT2D eigenvalue weighted by Crippen LogP contribution is -2.22. The number of rotatable bonds is 3. The van der Waals surface area contributed by atoms with Crippen molar-refractivity contribution in [3.8, 4) is 0 Å². The lowest BCUT2D eigenvalue weighted by Gasteiger charge is -2.16. The van der Waals surface area contributed by atoms with Gasteiger partial charge in [-0.1, -0.05) is 27.5 Å². The second kappa shape index (κ2) is 5.50. The maximum atomic E-state index is 6.02. The minimum atomic E-state index is 0.391. The highest BCUT2D eigenvalue weighted by molar-refractivity contribution is 9.10. The van der Waals surface area contributed by atoms with Gasteiger partial charge in [0.1, 0.15) is 0 Å². The summed E-state index contributed by atoms with van der Waals surface area (Å²) in [5.41, 5.74) is 1.25. The first-order valence-corrected chi connectivity index (χ1v) is 6.54. The second-order valence-electron chi connectivity index (χ2n) is 4.16. The summed E-state index contributed by atoms with van der Waals surface area (Å²) in [5, 5.41) is 0.784. The van der Waals surface area contributed by atoms with Crippen LogP contribution in [0.3, 0.4) is 0 Å². The smallest absolute Gasteiger partial charge is 0.0710 e. The van der Waals surface area contributed by atoms with Gasteiger partial charge < -0.3 is 4.74 Å². The van der Waals surface area contributed by atoms with E-state index in [1.54, 1.807) is 7.11 Å². The molecule has 88 valence electrons. The number of nitrogens with zero attached hydrogens (tertiary/aromatic N) is 1. The first kappa shape index (κ1) is 12.4. The molecule has 0 amide bonds. The summed E-state index contributed by atoms with van der Waals surface area (Å²) in [4.78, 5) is 2.40. The van der Waals surface area contributed by atoms with Crippen molar-refractivity contribution in [3.63, 3.8) is 0 Å². The van der Waals surface area contributed by atoms with Crippen LogP contribution in [0.5, 0.6) is 0 Å². The molecule has 0 saturated carbocycles. The Morgan fingerprint density at radius 3 is 2.94 bits per heavy atom. The van der Waals surface area contributed by atoms with Gasteiger partial charge in [-0.3, -0.25) is 4.90 Å². The average molecular weight is 305 g/mol. The molecular weight excluding hydrogens is 289 g/mol. The van der Waals surface area contributed by atoms with Gasteiger partial charge >= 0.3 is 0 Å². The maximum absolute atomic E-state index is 6.02. The molecule has 2 nitrogen and oxygen atoms in total. The highest BCUT2D eigenvalue weighted by Gasteiger charge is 2.21. The van der Waals surface area contributed by atoms with Crippen LogP contribution >= 0.6 is 27.5 Å². The molecule has 4 heteroatoms. The average Bonchev–Trinajstić information content (AvgIpc) is 2.64. The lowest BCUT2D eigenvalue weighted by molar-refractivity contribution is 0.107. The standard InChI is InChI=1S/C12H15BrClNO/c1-16-12-2-3-15(8-12)7-9-4-10(13)6-11(14)5-9/h4-6,12H,2-3,7-8H2,1H3/t12-/m1/s1. The third-order valence-corrected chi connectivity index (χ3v) is 3.57. The van der Waals surface area contributed by atoms with Gasteiger partial charge in [-0.25, -0.2) is 0 Å². The Morgan fingerprint density at radius 1 is 1.50 bits per heavy atom. The topological polar surface area (TPSA) is 12.5 Å². The molecule has 16 heavy (non-hydrogen) atoms. The zero-order chi connectivity index (χ0) is 11.5. The Balaban J connectivity index is 1.99. The van der Waals surface area contributed by atoms with Crippen molar-refractivity contribution in [3.05, 3.63) is 33.3 Å². The summed E-state index contributed by atoms with van der Waals surface area (Å²) < 4.78 is 6.39. The molecule has 0 aromatic heterocycles. The molecule has 1 atom stereocenters. The van der Waals surface area contributed by atoms with Gasteiger partial charge in [0, 0.05) is 36.2 Å². The van der Waals surface area contributed by atoms with Gasteiger partial charge in [0.05, 0.1) is 6.10 Å². The highest BCUT2D eigenvalue weighted by atomic mass is 79.9. The summed E-state index contributed by atoms with van der Waals surface area (Å²) in [6.45, 7) is 3.06. The second-order valence-corrected chi connectivity index (χ2v) is 5.51. The van der Waals surface area contributed by atoms with E-state index in [0.29, 0.717) is 6.10 Å². The van der Waals surface area contributed by atoms with E-state index in [1.807, 2.05) is 12.1 Å². The van der Waals surface area contributed by atoms with Crippen molar-refractivity contribution < 1.29 is 4.74 Å². The molecule has 1 aliphatic rings. The van der Waals surface area contributed by atoms with Crippen LogP contribution in [0.4, 0.5) is 0 Å². The molecule has 1 aliphatic heterocycles. The van der Waals surface area contributed by atoms with E-state index in [0.717, 1.165) is 35.6 Å². The number of likely N-dealkylation sites (tertiary alicyclic amines) is 1. The molecule has 1 aromatic rings. The summed E-state index contributed by atoms with van der Waals surface area (Å²) in [7, 11) is 1.78. The summed E-state index contributed by atoms with van der Waals surface area (Å²) >= 11 is 9.48. The first-order valence-electron chi connectivity index (χ1n) is 5.37. The Labute approximate surface area is 110 Å². The maximum Gasteiger partial charge on any atom is 0.0710 e. The van der Waals surface area contributed by atoms with E-state index in [-0.39, 0.29) is 0 Å². The Hall–Kier alpha value is -0.0900. The number of methoxy groups -OCH3 is 1. The van der Waals surface area contributed by atoms with Gasteiger partial charge in [0.2, 0.25) is 0 Å². The summed E-state index contributed by atoms with van der Waals surface area (Å²) in [5.74, 6) is 0. The SMILES string of the molecule is CO[C@@H]1CCN(Cc2cc(Cl)cc(Br)c2)C1. The van der Waals surface area contributed by atoms with Crippen LogP contribution in [0.1, 0.15) is 12.0 Å². The number of halogens is 2. The van der Waals surface area contributed by atoms with Crippen LogP contribution in [0.15, 0.2) is 22.7 Å². The van der Waals surface area contributed by atoms with Crippen molar-refractivity contribution in [1.29, 1.82) is 0 Å². The van der Waals surface area contributed by atoms with Crippen molar-refractivity contribution in [1.82, 2.24) is 4.90 Å². The largest absolute Gasteiger partial charge is 0.380 e. The Morgan fingerprint density at radius 2 is 2.31 bits per heavy atom. The number of benzene rings is 1. The quantitative estimate of drug-likeness (QED) is 0.849. The van der Waals surface area contributed by atoms with Crippen LogP contribution in [0, 0.1) is 0 Å². The molecule has 0 N–H and O–H groups in total. The summed E-state index contributed by atoms with van der Waals surface area (Å²) in [6.07, 6.45) is 1.51. The number of hydrogen-bond acceptors (Lipinski definition) is 2. The zero-order valence-corrected chi connectivity index (χ0v) is 11.6. The van der Waals surface area contributed by atoms with E-state index < -0.39 is 0 Å². The molecule has 0 bridgehead atoms. The fourth-order valence-electron chi connectivity index (χ4n) is 2.09. The van der Waals surface area contributed by atoms with Crippen molar-refractivity contribution in [2.24, 2.45) is 0 Å². The molecule has 1 heterocycles. The molecule has 1 fully saturated rings. The van der Waals surface area contributed by atoms with Gasteiger partial charge in [-0.05, 0) is 30.2 Å². The molecular formula is C12H15BrClNO. The van der Waals surface area contributed by atoms with Gasteiger partial charge in [0.25, 0.3) is 0 Å². The zero-order valence-electron chi connectivity index (χ0n) is 9.25. The lowest BCUT2D eigenvalue weighted by atomic mass is 10.2. The van der Waals surface area contributed by atoms with Crippen LogP contribution in [-0.4, -0.2) is 31.2 Å². The van der Waals surface area contributed by atoms with E-state index >= 15 is 0 Å². The van der Waals surface area contributed by atoms with E-state index in [4.69, 9.17) is 16.3 Å².